The van der Waals surface area contributed by atoms with Gasteiger partial charge in [0.05, 0.1) is 19.0 Å². The largest absolute Gasteiger partial charge is 0.471 e. The van der Waals surface area contributed by atoms with Gasteiger partial charge in [0.25, 0.3) is 0 Å². The molecule has 0 saturated heterocycles. The maximum absolute atomic E-state index is 5.40. The first kappa shape index (κ1) is 12.9. The van der Waals surface area contributed by atoms with Crippen LogP contribution in [0.25, 0.3) is 0 Å². The van der Waals surface area contributed by atoms with Crippen LogP contribution in [-0.2, 0) is 14.2 Å². The molecular weight excluding hydrogens is 236 g/mol. The molecule has 0 bridgehead atoms. The van der Waals surface area contributed by atoms with Gasteiger partial charge in [0.2, 0.25) is 6.29 Å². The molecule has 4 heteroatoms. The summed E-state index contributed by atoms with van der Waals surface area (Å²) < 4.78 is 15.8. The molecule has 0 aromatic carbocycles. The molecule has 0 spiro atoms. The molecule has 0 aliphatic carbocycles. The summed E-state index contributed by atoms with van der Waals surface area (Å²) in [5.41, 5.74) is 0. The summed E-state index contributed by atoms with van der Waals surface area (Å²) in [7, 11) is 0. The van der Waals surface area contributed by atoms with Crippen molar-refractivity contribution in [1.29, 1.82) is 0 Å². The molecule has 0 aliphatic rings. The summed E-state index contributed by atoms with van der Waals surface area (Å²) in [4.78, 5) is 0. The van der Waals surface area contributed by atoms with Crippen LogP contribution in [0.3, 0.4) is 0 Å². The average molecular weight is 253 g/mol. The summed E-state index contributed by atoms with van der Waals surface area (Å²) in [5.74, 6) is 0. The summed E-state index contributed by atoms with van der Waals surface area (Å²) in [5, 5.41) is 0.815. The fraction of sp³-hybridized carbons (Fsp3) is 0.778. The van der Waals surface area contributed by atoms with Gasteiger partial charge in [-0.2, -0.15) is 0 Å². The van der Waals surface area contributed by atoms with Gasteiger partial charge in [0.15, 0.2) is 0 Å². The standard InChI is InChI=1S/C9H17BrO3/c1-4-12-9(13-8(2)3)7-11-6-5-10/h4,8-9H,1,5-7H2,2-3H3. The van der Waals surface area contributed by atoms with Gasteiger partial charge in [-0.15, -0.1) is 0 Å². The predicted octanol–water partition coefficient (Wildman–Crippen LogP) is 2.31. The van der Waals surface area contributed by atoms with Crippen molar-refractivity contribution < 1.29 is 14.2 Å². The van der Waals surface area contributed by atoms with Crippen molar-refractivity contribution in [2.45, 2.75) is 26.2 Å². The monoisotopic (exact) mass is 252 g/mol. The van der Waals surface area contributed by atoms with Crippen LogP contribution in [0.4, 0.5) is 0 Å². The average Bonchev–Trinajstić information content (AvgIpc) is 2.04. The van der Waals surface area contributed by atoms with Gasteiger partial charge < -0.3 is 14.2 Å². The van der Waals surface area contributed by atoms with E-state index in [1.54, 1.807) is 0 Å². The molecule has 0 heterocycles. The SMILES string of the molecule is C=COC(COCCBr)OC(C)C. The summed E-state index contributed by atoms with van der Waals surface area (Å²) in [6, 6.07) is 0. The highest BCUT2D eigenvalue weighted by Crippen LogP contribution is 2.01. The minimum atomic E-state index is -0.350. The van der Waals surface area contributed by atoms with Gasteiger partial charge in [-0.25, -0.2) is 0 Å². The lowest BCUT2D eigenvalue weighted by Crippen LogP contribution is -2.25. The zero-order valence-electron chi connectivity index (χ0n) is 8.16. The Kier molecular flexibility index (Phi) is 8.49. The third-order valence-corrected chi connectivity index (χ3v) is 1.47. The maximum atomic E-state index is 5.40. The van der Waals surface area contributed by atoms with E-state index in [4.69, 9.17) is 14.2 Å². The van der Waals surface area contributed by atoms with E-state index >= 15 is 0 Å². The summed E-state index contributed by atoms with van der Waals surface area (Å²) in [6.07, 6.45) is 1.14. The first-order valence-corrected chi connectivity index (χ1v) is 5.38. The van der Waals surface area contributed by atoms with Crippen LogP contribution >= 0.6 is 15.9 Å². The zero-order valence-corrected chi connectivity index (χ0v) is 9.75. The Hall–Kier alpha value is -0.0600. The lowest BCUT2D eigenvalue weighted by molar-refractivity contribution is -0.161. The number of alkyl halides is 1. The smallest absolute Gasteiger partial charge is 0.222 e. The first-order valence-electron chi connectivity index (χ1n) is 4.26. The highest BCUT2D eigenvalue weighted by atomic mass is 79.9. The van der Waals surface area contributed by atoms with Crippen LogP contribution in [-0.4, -0.2) is 30.9 Å². The highest BCUT2D eigenvalue weighted by molar-refractivity contribution is 9.09. The second kappa shape index (κ2) is 8.53. The van der Waals surface area contributed by atoms with E-state index in [-0.39, 0.29) is 12.4 Å². The van der Waals surface area contributed by atoms with Gasteiger partial charge in [0, 0.05) is 5.33 Å². The van der Waals surface area contributed by atoms with Crippen molar-refractivity contribution >= 4 is 15.9 Å². The van der Waals surface area contributed by atoms with Crippen LogP contribution in [0.15, 0.2) is 12.8 Å². The normalized spacial score (nSPS) is 12.9. The molecule has 0 rings (SSSR count). The van der Waals surface area contributed by atoms with Crippen molar-refractivity contribution in [3.05, 3.63) is 12.8 Å². The van der Waals surface area contributed by atoms with Crippen molar-refractivity contribution in [1.82, 2.24) is 0 Å². The van der Waals surface area contributed by atoms with Crippen LogP contribution in [0.1, 0.15) is 13.8 Å². The van der Waals surface area contributed by atoms with Gasteiger partial charge in [-0.05, 0) is 13.8 Å². The molecule has 0 radical (unpaired) electrons. The molecule has 78 valence electrons. The topological polar surface area (TPSA) is 27.7 Å². The molecule has 0 fully saturated rings. The van der Waals surface area contributed by atoms with Crippen molar-refractivity contribution in [3.8, 4) is 0 Å². The van der Waals surface area contributed by atoms with E-state index in [9.17, 15) is 0 Å². The van der Waals surface area contributed by atoms with E-state index < -0.39 is 0 Å². The fourth-order valence-corrected chi connectivity index (χ4v) is 0.985. The number of ether oxygens (including phenoxy) is 3. The summed E-state index contributed by atoms with van der Waals surface area (Å²) in [6.45, 7) is 8.44. The van der Waals surface area contributed by atoms with Gasteiger partial charge in [-0.3, -0.25) is 0 Å². The summed E-state index contributed by atoms with van der Waals surface area (Å²) >= 11 is 3.26. The van der Waals surface area contributed by atoms with E-state index in [2.05, 4.69) is 22.5 Å². The minimum absolute atomic E-state index is 0.123. The molecule has 0 saturated carbocycles. The lowest BCUT2D eigenvalue weighted by Gasteiger charge is -2.19. The van der Waals surface area contributed by atoms with Crippen LogP contribution in [0, 0.1) is 0 Å². The van der Waals surface area contributed by atoms with E-state index in [0.29, 0.717) is 13.2 Å². The Bertz CT molecular complexity index is 128. The van der Waals surface area contributed by atoms with Crippen LogP contribution in [0.2, 0.25) is 0 Å². The molecule has 0 aliphatic heterocycles. The quantitative estimate of drug-likeness (QED) is 0.287. The third-order valence-electron chi connectivity index (χ3n) is 1.15. The van der Waals surface area contributed by atoms with Gasteiger partial charge in [-0.1, -0.05) is 22.5 Å². The van der Waals surface area contributed by atoms with E-state index in [0.717, 1.165) is 5.33 Å². The fourth-order valence-electron chi connectivity index (χ4n) is 0.756. The highest BCUT2D eigenvalue weighted by Gasteiger charge is 2.10. The Labute approximate surface area is 88.2 Å². The van der Waals surface area contributed by atoms with E-state index in [1.165, 1.54) is 6.26 Å². The molecule has 1 atom stereocenters. The van der Waals surface area contributed by atoms with Crippen molar-refractivity contribution in [2.75, 3.05) is 18.5 Å². The molecule has 3 nitrogen and oxygen atoms in total. The second-order valence-electron chi connectivity index (χ2n) is 2.68. The van der Waals surface area contributed by atoms with Crippen LogP contribution < -0.4 is 0 Å². The van der Waals surface area contributed by atoms with Crippen LogP contribution in [0.5, 0.6) is 0 Å². The van der Waals surface area contributed by atoms with Gasteiger partial charge in [0.1, 0.15) is 6.61 Å². The number of rotatable bonds is 8. The second-order valence-corrected chi connectivity index (χ2v) is 3.47. The molecular formula is C9H17BrO3. The Morgan fingerprint density at radius 1 is 1.46 bits per heavy atom. The predicted molar refractivity (Wildman–Crippen MR) is 55.9 cm³/mol. The van der Waals surface area contributed by atoms with Gasteiger partial charge >= 0.3 is 0 Å². The third kappa shape index (κ3) is 8.28. The Morgan fingerprint density at radius 2 is 2.15 bits per heavy atom. The molecule has 0 aromatic heterocycles. The number of halogens is 1. The lowest BCUT2D eigenvalue weighted by atomic mass is 10.5. The van der Waals surface area contributed by atoms with E-state index in [1.807, 2.05) is 13.8 Å². The van der Waals surface area contributed by atoms with Crippen molar-refractivity contribution in [3.63, 3.8) is 0 Å². The molecule has 0 amide bonds. The zero-order chi connectivity index (χ0) is 10.1. The molecule has 1 unspecified atom stereocenters. The molecule has 0 N–H and O–H groups in total. The minimum Gasteiger partial charge on any atom is -0.471 e. The molecule has 13 heavy (non-hydrogen) atoms. The Balaban J connectivity index is 3.59. The first-order chi connectivity index (χ1) is 6.20. The number of hydrogen-bond donors (Lipinski definition) is 0. The number of hydrogen-bond acceptors (Lipinski definition) is 3. The van der Waals surface area contributed by atoms with Crippen molar-refractivity contribution in [2.24, 2.45) is 0 Å². The molecule has 0 aromatic rings. The maximum Gasteiger partial charge on any atom is 0.222 e. The Morgan fingerprint density at radius 3 is 2.62 bits per heavy atom.